The van der Waals surface area contributed by atoms with Crippen LogP contribution in [0.25, 0.3) is 0 Å². The predicted octanol–water partition coefficient (Wildman–Crippen LogP) is 2.74. The van der Waals surface area contributed by atoms with E-state index in [-0.39, 0.29) is 18.0 Å². The number of carbonyl (C=O) groups is 1. The summed E-state index contributed by atoms with van der Waals surface area (Å²) in [6, 6.07) is 11.8. The van der Waals surface area contributed by atoms with Crippen molar-refractivity contribution in [1.82, 2.24) is 5.32 Å². The Balaban J connectivity index is 1.69. The van der Waals surface area contributed by atoms with E-state index in [0.29, 0.717) is 6.54 Å². The molecule has 0 aliphatic carbocycles. The molecule has 0 bridgehead atoms. The fourth-order valence-electron chi connectivity index (χ4n) is 2.86. The Kier molecular flexibility index (Phi) is 3.80. The maximum atomic E-state index is 12.7. The lowest BCUT2D eigenvalue weighted by Crippen LogP contribution is -2.47. The average molecular weight is 284 g/mol. The van der Waals surface area contributed by atoms with Crippen molar-refractivity contribution < 1.29 is 9.21 Å². The molecule has 0 fully saturated rings. The summed E-state index contributed by atoms with van der Waals surface area (Å²) in [5.74, 6) is 0.948. The van der Waals surface area contributed by atoms with Crippen LogP contribution < -0.4 is 10.2 Å². The molecule has 2 aromatic rings. The van der Waals surface area contributed by atoms with Crippen LogP contribution in [0.1, 0.15) is 25.2 Å². The first-order valence-electron chi connectivity index (χ1n) is 7.33. The van der Waals surface area contributed by atoms with E-state index in [2.05, 4.69) is 18.3 Å². The number of anilines is 1. The third-order valence-electron chi connectivity index (χ3n) is 3.98. The van der Waals surface area contributed by atoms with E-state index >= 15 is 0 Å². The van der Waals surface area contributed by atoms with E-state index in [1.54, 1.807) is 6.26 Å². The minimum atomic E-state index is -0.247. The molecule has 3 rings (SSSR count). The van der Waals surface area contributed by atoms with E-state index in [4.69, 9.17) is 4.42 Å². The smallest absolute Gasteiger partial charge is 0.244 e. The molecule has 1 amide bonds. The maximum absolute atomic E-state index is 12.7. The molecular weight excluding hydrogens is 264 g/mol. The third kappa shape index (κ3) is 2.72. The van der Waals surface area contributed by atoms with Gasteiger partial charge in [-0.2, -0.15) is 0 Å². The van der Waals surface area contributed by atoms with Gasteiger partial charge < -0.3 is 9.32 Å². The van der Waals surface area contributed by atoms with E-state index in [1.165, 1.54) is 5.56 Å². The van der Waals surface area contributed by atoms with Gasteiger partial charge in [0.15, 0.2) is 0 Å². The lowest BCUT2D eigenvalue weighted by Gasteiger charge is -2.26. The molecule has 0 saturated carbocycles. The molecule has 0 radical (unpaired) electrons. The number of nitrogens with zero attached hydrogens (tertiary/aromatic N) is 1. The van der Waals surface area contributed by atoms with Gasteiger partial charge in [-0.3, -0.25) is 10.1 Å². The molecule has 1 N–H and O–H groups in total. The van der Waals surface area contributed by atoms with E-state index in [1.807, 2.05) is 42.2 Å². The van der Waals surface area contributed by atoms with Crippen LogP contribution in [0.5, 0.6) is 0 Å². The van der Waals surface area contributed by atoms with Crippen LogP contribution in [0.15, 0.2) is 47.1 Å². The topological polar surface area (TPSA) is 45.5 Å². The minimum absolute atomic E-state index is 0.110. The molecule has 0 unspecified atom stereocenters. The predicted molar refractivity (Wildman–Crippen MR) is 82.1 cm³/mol. The Bertz CT molecular complexity index is 621. The van der Waals surface area contributed by atoms with Gasteiger partial charge in [0.25, 0.3) is 0 Å². The number of hydrogen-bond donors (Lipinski definition) is 1. The van der Waals surface area contributed by atoms with Gasteiger partial charge in [0.05, 0.1) is 18.8 Å². The zero-order valence-electron chi connectivity index (χ0n) is 12.4. The second-order valence-electron chi connectivity index (χ2n) is 5.57. The standard InChI is InChI=1S/C17H20N2O2/c1-12-10-14-6-3-4-8-16(14)19(12)17(20)13(2)18-11-15-7-5-9-21-15/h3-9,12-13,18H,10-11H2,1-2H3/t12-,13-/m1/s1. The Morgan fingerprint density at radius 3 is 2.95 bits per heavy atom. The molecule has 0 spiro atoms. The second-order valence-corrected chi connectivity index (χ2v) is 5.57. The van der Waals surface area contributed by atoms with Crippen LogP contribution in [0, 0.1) is 0 Å². The molecule has 0 saturated heterocycles. The molecule has 4 nitrogen and oxygen atoms in total. The summed E-state index contributed by atoms with van der Waals surface area (Å²) in [5.41, 5.74) is 2.29. The summed E-state index contributed by atoms with van der Waals surface area (Å²) >= 11 is 0. The van der Waals surface area contributed by atoms with Crippen molar-refractivity contribution in [2.45, 2.75) is 38.9 Å². The number of rotatable bonds is 4. The Morgan fingerprint density at radius 2 is 2.19 bits per heavy atom. The first kappa shape index (κ1) is 13.9. The minimum Gasteiger partial charge on any atom is -0.468 e. The van der Waals surface area contributed by atoms with Crippen molar-refractivity contribution in [2.75, 3.05) is 4.90 Å². The summed E-state index contributed by atoms with van der Waals surface area (Å²) in [6.45, 7) is 4.56. The largest absolute Gasteiger partial charge is 0.468 e. The summed E-state index contributed by atoms with van der Waals surface area (Å²) in [5, 5.41) is 3.23. The van der Waals surface area contributed by atoms with Crippen LogP contribution in [0.3, 0.4) is 0 Å². The Hall–Kier alpha value is -2.07. The monoisotopic (exact) mass is 284 g/mol. The lowest BCUT2D eigenvalue weighted by atomic mass is 10.1. The van der Waals surface area contributed by atoms with Gasteiger partial charge in [0.1, 0.15) is 5.76 Å². The number of carbonyl (C=O) groups excluding carboxylic acids is 1. The zero-order chi connectivity index (χ0) is 14.8. The molecule has 110 valence electrons. The highest BCUT2D eigenvalue weighted by Crippen LogP contribution is 2.32. The lowest BCUT2D eigenvalue weighted by molar-refractivity contribution is -0.120. The SMILES string of the molecule is C[C@@H]1Cc2ccccc2N1C(=O)[C@@H](C)NCc1ccco1. The number of nitrogens with one attached hydrogen (secondary N) is 1. The molecule has 21 heavy (non-hydrogen) atoms. The maximum Gasteiger partial charge on any atom is 0.244 e. The molecule has 2 heterocycles. The number of para-hydroxylation sites is 1. The van der Waals surface area contributed by atoms with Gasteiger partial charge in [-0.1, -0.05) is 18.2 Å². The molecular formula is C17H20N2O2. The summed E-state index contributed by atoms with van der Waals surface area (Å²) < 4.78 is 5.28. The normalized spacial score (nSPS) is 18.6. The van der Waals surface area contributed by atoms with E-state index in [0.717, 1.165) is 17.9 Å². The van der Waals surface area contributed by atoms with Gasteiger partial charge in [0, 0.05) is 11.7 Å². The van der Waals surface area contributed by atoms with Crippen LogP contribution in [-0.4, -0.2) is 18.0 Å². The number of benzene rings is 1. The summed E-state index contributed by atoms with van der Waals surface area (Å²) in [4.78, 5) is 14.6. The quantitative estimate of drug-likeness (QED) is 0.939. The number of hydrogen-bond acceptors (Lipinski definition) is 3. The second kappa shape index (κ2) is 5.74. The van der Waals surface area contributed by atoms with Crippen molar-refractivity contribution in [1.29, 1.82) is 0 Å². The highest BCUT2D eigenvalue weighted by molar-refractivity contribution is 5.99. The fourth-order valence-corrected chi connectivity index (χ4v) is 2.86. The van der Waals surface area contributed by atoms with Crippen molar-refractivity contribution in [3.05, 3.63) is 54.0 Å². The number of amides is 1. The van der Waals surface area contributed by atoms with E-state index < -0.39 is 0 Å². The molecule has 2 atom stereocenters. The summed E-state index contributed by atoms with van der Waals surface area (Å²) in [6.07, 6.45) is 2.56. The summed E-state index contributed by atoms with van der Waals surface area (Å²) in [7, 11) is 0. The number of furan rings is 1. The van der Waals surface area contributed by atoms with Crippen molar-refractivity contribution >= 4 is 11.6 Å². The fraction of sp³-hybridized carbons (Fsp3) is 0.353. The molecule has 4 heteroatoms. The van der Waals surface area contributed by atoms with Crippen LogP contribution in [-0.2, 0) is 17.8 Å². The molecule has 1 aromatic heterocycles. The zero-order valence-corrected chi connectivity index (χ0v) is 12.4. The van der Waals surface area contributed by atoms with Crippen LogP contribution >= 0.6 is 0 Å². The molecule has 1 aliphatic heterocycles. The Morgan fingerprint density at radius 1 is 1.38 bits per heavy atom. The molecule has 1 aliphatic rings. The van der Waals surface area contributed by atoms with Gasteiger partial charge in [-0.15, -0.1) is 0 Å². The van der Waals surface area contributed by atoms with Crippen LogP contribution in [0.2, 0.25) is 0 Å². The van der Waals surface area contributed by atoms with Crippen LogP contribution in [0.4, 0.5) is 5.69 Å². The van der Waals surface area contributed by atoms with Crippen molar-refractivity contribution in [3.8, 4) is 0 Å². The first-order valence-corrected chi connectivity index (χ1v) is 7.33. The molecule has 1 aromatic carbocycles. The average Bonchev–Trinajstić information content (AvgIpc) is 3.10. The van der Waals surface area contributed by atoms with Crippen molar-refractivity contribution in [3.63, 3.8) is 0 Å². The highest BCUT2D eigenvalue weighted by atomic mass is 16.3. The highest BCUT2D eigenvalue weighted by Gasteiger charge is 2.32. The number of fused-ring (bicyclic) bond motifs is 1. The van der Waals surface area contributed by atoms with Crippen molar-refractivity contribution in [2.24, 2.45) is 0 Å². The Labute approximate surface area is 124 Å². The van der Waals surface area contributed by atoms with E-state index in [9.17, 15) is 4.79 Å². The van der Waals surface area contributed by atoms with Gasteiger partial charge in [-0.25, -0.2) is 0 Å². The first-order chi connectivity index (χ1) is 10.2. The van der Waals surface area contributed by atoms with Gasteiger partial charge in [-0.05, 0) is 44.0 Å². The third-order valence-corrected chi connectivity index (χ3v) is 3.98. The van der Waals surface area contributed by atoms with Gasteiger partial charge in [0.2, 0.25) is 5.91 Å². The van der Waals surface area contributed by atoms with Gasteiger partial charge >= 0.3 is 0 Å².